The molecule has 1 saturated heterocycles. The molecule has 0 bridgehead atoms. The highest BCUT2D eigenvalue weighted by atomic mass is 15.3. The first-order valence-corrected chi connectivity index (χ1v) is 7.80. The van der Waals surface area contributed by atoms with Gasteiger partial charge < -0.3 is 9.80 Å². The largest absolute Gasteiger partial charge is 0.354 e. The van der Waals surface area contributed by atoms with Gasteiger partial charge in [0, 0.05) is 57.8 Å². The van der Waals surface area contributed by atoms with E-state index in [0.29, 0.717) is 0 Å². The van der Waals surface area contributed by atoms with Crippen molar-refractivity contribution in [3.05, 3.63) is 29.7 Å². The Labute approximate surface area is 127 Å². The Morgan fingerprint density at radius 1 is 1.14 bits per heavy atom. The molecule has 5 heteroatoms. The van der Waals surface area contributed by atoms with Crippen LogP contribution in [0, 0.1) is 6.92 Å². The summed E-state index contributed by atoms with van der Waals surface area (Å²) in [5.41, 5.74) is 2.58. The van der Waals surface area contributed by atoms with E-state index >= 15 is 0 Å². The van der Waals surface area contributed by atoms with E-state index in [1.165, 1.54) is 17.1 Å². The number of piperazine rings is 1. The van der Waals surface area contributed by atoms with E-state index in [1.54, 1.807) is 0 Å². The lowest BCUT2D eigenvalue weighted by atomic mass is 10.0. The van der Waals surface area contributed by atoms with Gasteiger partial charge in [0.05, 0.1) is 5.69 Å². The number of hydrogen-bond acceptors (Lipinski definition) is 5. The summed E-state index contributed by atoms with van der Waals surface area (Å²) < 4.78 is 0. The highest BCUT2D eigenvalue weighted by Gasteiger charge is 2.25. The summed E-state index contributed by atoms with van der Waals surface area (Å²) in [6, 6.07) is 0. The summed E-state index contributed by atoms with van der Waals surface area (Å²) >= 11 is 0. The lowest BCUT2D eigenvalue weighted by Crippen LogP contribution is -2.46. The van der Waals surface area contributed by atoms with Gasteiger partial charge in [0.15, 0.2) is 0 Å². The van der Waals surface area contributed by atoms with Gasteiger partial charge in [-0.1, -0.05) is 6.08 Å². The summed E-state index contributed by atoms with van der Waals surface area (Å²) in [7, 11) is 2.18. The molecule has 0 amide bonds. The van der Waals surface area contributed by atoms with Crippen LogP contribution in [0.25, 0.3) is 0 Å². The molecule has 0 radical (unpaired) electrons. The van der Waals surface area contributed by atoms with Gasteiger partial charge >= 0.3 is 0 Å². The van der Waals surface area contributed by atoms with E-state index in [-0.39, 0.29) is 0 Å². The average Bonchev–Trinajstić information content (AvgIpc) is 2.48. The average molecular weight is 287 g/mol. The normalized spacial score (nSPS) is 20.4. The van der Waals surface area contributed by atoms with Crippen LogP contribution in [0.15, 0.2) is 12.7 Å². The summed E-state index contributed by atoms with van der Waals surface area (Å²) in [5.74, 6) is 2.07. The van der Waals surface area contributed by atoms with Gasteiger partial charge in [-0.15, -0.1) is 6.58 Å². The van der Waals surface area contributed by atoms with Crippen molar-refractivity contribution in [1.29, 1.82) is 0 Å². The molecule has 0 aliphatic carbocycles. The number of rotatable bonds is 3. The van der Waals surface area contributed by atoms with Crippen molar-refractivity contribution in [2.75, 3.05) is 51.2 Å². The quantitative estimate of drug-likeness (QED) is 0.778. The zero-order valence-electron chi connectivity index (χ0n) is 13.2. The highest BCUT2D eigenvalue weighted by Crippen LogP contribution is 2.27. The molecule has 0 saturated carbocycles. The number of aryl methyl sites for hydroxylation is 1. The van der Waals surface area contributed by atoms with Crippen LogP contribution in [0.5, 0.6) is 0 Å². The predicted octanol–water partition coefficient (Wildman–Crippen LogP) is 1.08. The smallest absolute Gasteiger partial charge is 0.137 e. The van der Waals surface area contributed by atoms with Crippen LogP contribution in [0.4, 0.5) is 5.82 Å². The Morgan fingerprint density at radius 3 is 2.62 bits per heavy atom. The summed E-state index contributed by atoms with van der Waals surface area (Å²) in [6.07, 6.45) is 3.00. The first-order chi connectivity index (χ1) is 10.2. The van der Waals surface area contributed by atoms with E-state index in [0.717, 1.165) is 58.1 Å². The van der Waals surface area contributed by atoms with E-state index in [2.05, 4.69) is 33.3 Å². The second kappa shape index (κ2) is 6.12. The van der Waals surface area contributed by atoms with Crippen molar-refractivity contribution in [1.82, 2.24) is 19.8 Å². The maximum atomic E-state index is 4.77. The van der Waals surface area contributed by atoms with Gasteiger partial charge in [0.25, 0.3) is 0 Å². The molecule has 1 fully saturated rings. The van der Waals surface area contributed by atoms with E-state index < -0.39 is 0 Å². The Balaban J connectivity index is 1.89. The third-order valence-electron chi connectivity index (χ3n) is 4.42. The Bertz CT molecular complexity index is 520. The zero-order chi connectivity index (χ0) is 14.8. The van der Waals surface area contributed by atoms with Crippen LogP contribution in [0.1, 0.15) is 17.1 Å². The molecule has 0 spiro atoms. The van der Waals surface area contributed by atoms with Crippen LogP contribution >= 0.6 is 0 Å². The number of hydrogen-bond donors (Lipinski definition) is 0. The van der Waals surface area contributed by atoms with E-state index in [4.69, 9.17) is 4.98 Å². The molecular formula is C16H25N5. The number of aromatic nitrogens is 2. The van der Waals surface area contributed by atoms with Gasteiger partial charge in [-0.05, 0) is 14.0 Å². The van der Waals surface area contributed by atoms with Crippen LogP contribution < -0.4 is 4.90 Å². The fourth-order valence-corrected chi connectivity index (χ4v) is 3.19. The molecule has 21 heavy (non-hydrogen) atoms. The molecular weight excluding hydrogens is 262 g/mol. The second-order valence-corrected chi connectivity index (χ2v) is 6.08. The third kappa shape index (κ3) is 3.09. The first kappa shape index (κ1) is 14.5. The molecule has 2 aliphatic heterocycles. The molecule has 0 atom stereocenters. The second-order valence-electron chi connectivity index (χ2n) is 6.08. The van der Waals surface area contributed by atoms with Gasteiger partial charge in [-0.3, -0.25) is 4.90 Å². The molecule has 0 unspecified atom stereocenters. The van der Waals surface area contributed by atoms with Crippen LogP contribution in [0.2, 0.25) is 0 Å². The Hall–Kier alpha value is -1.46. The summed E-state index contributed by atoms with van der Waals surface area (Å²) in [6.45, 7) is 13.1. The van der Waals surface area contributed by atoms with Gasteiger partial charge in [-0.25, -0.2) is 9.97 Å². The molecule has 5 nitrogen and oxygen atoms in total. The number of fused-ring (bicyclic) bond motifs is 1. The molecule has 1 aromatic rings. The van der Waals surface area contributed by atoms with Crippen molar-refractivity contribution >= 4 is 5.82 Å². The minimum absolute atomic E-state index is 0.903. The first-order valence-electron chi connectivity index (χ1n) is 7.80. The molecule has 0 N–H and O–H groups in total. The fraction of sp³-hybridized carbons (Fsp3) is 0.625. The Morgan fingerprint density at radius 2 is 1.90 bits per heavy atom. The van der Waals surface area contributed by atoms with Crippen molar-refractivity contribution in [2.45, 2.75) is 19.9 Å². The van der Waals surface area contributed by atoms with Crippen molar-refractivity contribution in [3.8, 4) is 0 Å². The monoisotopic (exact) mass is 287 g/mol. The molecule has 114 valence electrons. The highest BCUT2D eigenvalue weighted by molar-refractivity contribution is 5.50. The predicted molar refractivity (Wildman–Crippen MR) is 85.7 cm³/mol. The molecule has 1 aromatic heterocycles. The maximum absolute atomic E-state index is 4.77. The lowest BCUT2D eigenvalue weighted by Gasteiger charge is -2.36. The zero-order valence-corrected chi connectivity index (χ0v) is 13.2. The molecule has 3 rings (SSSR count). The SMILES string of the molecule is C=CCN1CCc2nc(C)nc(N3CCN(C)CC3)c2C1. The van der Waals surface area contributed by atoms with Crippen molar-refractivity contribution < 1.29 is 0 Å². The molecule has 3 heterocycles. The van der Waals surface area contributed by atoms with Gasteiger partial charge in [-0.2, -0.15) is 0 Å². The van der Waals surface area contributed by atoms with Crippen molar-refractivity contribution in [2.24, 2.45) is 0 Å². The summed E-state index contributed by atoms with van der Waals surface area (Å²) in [5, 5.41) is 0. The molecule has 0 aromatic carbocycles. The fourth-order valence-electron chi connectivity index (χ4n) is 3.19. The summed E-state index contributed by atoms with van der Waals surface area (Å²) in [4.78, 5) is 16.7. The minimum atomic E-state index is 0.903. The van der Waals surface area contributed by atoms with E-state index in [1.807, 2.05) is 13.0 Å². The lowest BCUT2D eigenvalue weighted by molar-refractivity contribution is 0.276. The number of anilines is 1. The van der Waals surface area contributed by atoms with Gasteiger partial charge in [0.2, 0.25) is 0 Å². The van der Waals surface area contributed by atoms with E-state index in [9.17, 15) is 0 Å². The van der Waals surface area contributed by atoms with Crippen LogP contribution in [-0.2, 0) is 13.0 Å². The van der Waals surface area contributed by atoms with Crippen molar-refractivity contribution in [3.63, 3.8) is 0 Å². The third-order valence-corrected chi connectivity index (χ3v) is 4.42. The maximum Gasteiger partial charge on any atom is 0.137 e. The number of likely N-dealkylation sites (N-methyl/N-ethyl adjacent to an activating group) is 1. The van der Waals surface area contributed by atoms with Crippen LogP contribution in [0.3, 0.4) is 0 Å². The topological polar surface area (TPSA) is 35.5 Å². The number of nitrogens with zero attached hydrogens (tertiary/aromatic N) is 5. The minimum Gasteiger partial charge on any atom is -0.354 e. The standard InChI is InChI=1S/C16H25N5/c1-4-6-20-7-5-15-14(12-20)16(18-13(2)17-15)21-10-8-19(3)9-11-21/h4H,1,5-12H2,2-3H3. The van der Waals surface area contributed by atoms with Crippen LogP contribution in [-0.4, -0.2) is 66.1 Å². The Kier molecular flexibility index (Phi) is 4.22. The van der Waals surface area contributed by atoms with Gasteiger partial charge in [0.1, 0.15) is 11.6 Å². The molecule has 2 aliphatic rings.